The van der Waals surface area contributed by atoms with E-state index in [1.165, 1.54) is 4.88 Å². The van der Waals surface area contributed by atoms with Gasteiger partial charge >= 0.3 is 0 Å². The number of benzene rings is 1. The summed E-state index contributed by atoms with van der Waals surface area (Å²) in [4.78, 5) is 3.79. The van der Waals surface area contributed by atoms with Crippen LogP contribution in [-0.4, -0.2) is 31.6 Å². The van der Waals surface area contributed by atoms with Gasteiger partial charge in [0.15, 0.2) is 0 Å². The third kappa shape index (κ3) is 4.87. The third-order valence-electron chi connectivity index (χ3n) is 3.18. The second-order valence-electron chi connectivity index (χ2n) is 4.87. The molecule has 20 heavy (non-hydrogen) atoms. The monoisotopic (exact) mass is 290 g/mol. The van der Waals surface area contributed by atoms with Crippen molar-refractivity contribution in [3.8, 4) is 5.75 Å². The molecule has 2 N–H and O–H groups in total. The zero-order valence-electron chi connectivity index (χ0n) is 11.9. The predicted molar refractivity (Wildman–Crippen MR) is 86.5 cm³/mol. The Morgan fingerprint density at radius 1 is 1.15 bits per heavy atom. The standard InChI is InChI=1S/C16H22N2OS/c1-18(11-9-14-6-4-13-20-14)10-5-12-19-16-8-3-2-7-15(16)17/h2-4,6-8,13H,5,9-12,17H2,1H3. The Bertz CT molecular complexity index is 499. The van der Waals surface area contributed by atoms with E-state index in [0.29, 0.717) is 12.3 Å². The van der Waals surface area contributed by atoms with Gasteiger partial charge in [-0.1, -0.05) is 18.2 Å². The van der Waals surface area contributed by atoms with Gasteiger partial charge in [0.2, 0.25) is 0 Å². The predicted octanol–water partition coefficient (Wildman–Crippen LogP) is 3.27. The van der Waals surface area contributed by atoms with Crippen LogP contribution in [0.1, 0.15) is 11.3 Å². The topological polar surface area (TPSA) is 38.5 Å². The summed E-state index contributed by atoms with van der Waals surface area (Å²) in [7, 11) is 2.16. The maximum Gasteiger partial charge on any atom is 0.142 e. The first kappa shape index (κ1) is 14.9. The second kappa shape index (κ2) is 7.92. The van der Waals surface area contributed by atoms with Crippen LogP contribution in [-0.2, 0) is 6.42 Å². The first-order chi connectivity index (χ1) is 9.75. The van der Waals surface area contributed by atoms with Crippen molar-refractivity contribution in [2.45, 2.75) is 12.8 Å². The summed E-state index contributed by atoms with van der Waals surface area (Å²) in [6, 6.07) is 11.9. The minimum Gasteiger partial charge on any atom is -0.491 e. The molecule has 0 atom stereocenters. The van der Waals surface area contributed by atoms with Crippen LogP contribution in [0.4, 0.5) is 5.69 Å². The fourth-order valence-corrected chi connectivity index (χ4v) is 2.69. The zero-order chi connectivity index (χ0) is 14.2. The Morgan fingerprint density at radius 3 is 2.75 bits per heavy atom. The summed E-state index contributed by atoms with van der Waals surface area (Å²) in [5, 5.41) is 2.13. The van der Waals surface area contributed by atoms with Gasteiger partial charge in [0.05, 0.1) is 12.3 Å². The molecular weight excluding hydrogens is 268 g/mol. The Hall–Kier alpha value is -1.52. The molecule has 0 saturated heterocycles. The molecule has 0 amide bonds. The van der Waals surface area contributed by atoms with Gasteiger partial charge in [-0.2, -0.15) is 0 Å². The van der Waals surface area contributed by atoms with Crippen LogP contribution in [0.2, 0.25) is 0 Å². The van der Waals surface area contributed by atoms with E-state index < -0.39 is 0 Å². The summed E-state index contributed by atoms with van der Waals surface area (Å²) in [5.74, 6) is 0.786. The first-order valence-electron chi connectivity index (χ1n) is 6.94. The van der Waals surface area contributed by atoms with Crippen molar-refractivity contribution >= 4 is 17.0 Å². The van der Waals surface area contributed by atoms with Crippen molar-refractivity contribution in [2.75, 3.05) is 32.5 Å². The minimum absolute atomic E-state index is 0.706. The van der Waals surface area contributed by atoms with Gasteiger partial charge in [0, 0.05) is 18.0 Å². The van der Waals surface area contributed by atoms with Gasteiger partial charge in [0.1, 0.15) is 5.75 Å². The van der Waals surface area contributed by atoms with Crippen LogP contribution >= 0.6 is 11.3 Å². The molecule has 1 aromatic carbocycles. The molecule has 0 aliphatic carbocycles. The highest BCUT2D eigenvalue weighted by atomic mass is 32.1. The number of likely N-dealkylation sites (N-methyl/N-ethyl adjacent to an activating group) is 1. The molecule has 1 aromatic heterocycles. The van der Waals surface area contributed by atoms with Gasteiger partial charge in [-0.15, -0.1) is 11.3 Å². The average Bonchev–Trinajstić information content (AvgIpc) is 2.96. The van der Waals surface area contributed by atoms with E-state index in [9.17, 15) is 0 Å². The fraction of sp³-hybridized carbons (Fsp3) is 0.375. The summed E-state index contributed by atoms with van der Waals surface area (Å²) in [6.07, 6.45) is 2.13. The number of para-hydroxylation sites is 2. The maximum absolute atomic E-state index is 5.83. The molecule has 0 aliphatic rings. The molecule has 0 radical (unpaired) electrons. The third-order valence-corrected chi connectivity index (χ3v) is 4.12. The highest BCUT2D eigenvalue weighted by Gasteiger charge is 2.02. The second-order valence-corrected chi connectivity index (χ2v) is 5.90. The highest BCUT2D eigenvalue weighted by molar-refractivity contribution is 7.09. The van der Waals surface area contributed by atoms with Crippen molar-refractivity contribution < 1.29 is 4.74 Å². The number of rotatable bonds is 8. The highest BCUT2D eigenvalue weighted by Crippen LogP contribution is 2.19. The van der Waals surface area contributed by atoms with E-state index in [1.54, 1.807) is 0 Å². The lowest BCUT2D eigenvalue weighted by Crippen LogP contribution is -2.23. The zero-order valence-corrected chi connectivity index (χ0v) is 12.7. The molecule has 108 valence electrons. The van der Waals surface area contributed by atoms with E-state index in [0.717, 1.165) is 31.7 Å². The van der Waals surface area contributed by atoms with Gasteiger partial charge in [0.25, 0.3) is 0 Å². The first-order valence-corrected chi connectivity index (χ1v) is 7.82. The number of nitrogen functional groups attached to an aromatic ring is 1. The van der Waals surface area contributed by atoms with Crippen molar-refractivity contribution in [1.29, 1.82) is 0 Å². The number of hydrogen-bond acceptors (Lipinski definition) is 4. The van der Waals surface area contributed by atoms with Gasteiger partial charge in [-0.25, -0.2) is 0 Å². The van der Waals surface area contributed by atoms with Crippen molar-refractivity contribution in [3.05, 3.63) is 46.7 Å². The van der Waals surface area contributed by atoms with E-state index >= 15 is 0 Å². The smallest absolute Gasteiger partial charge is 0.142 e. The van der Waals surface area contributed by atoms with E-state index in [2.05, 4.69) is 29.5 Å². The molecule has 0 spiro atoms. The number of ether oxygens (including phenoxy) is 1. The van der Waals surface area contributed by atoms with Crippen molar-refractivity contribution in [2.24, 2.45) is 0 Å². The van der Waals surface area contributed by atoms with Crippen LogP contribution in [0.15, 0.2) is 41.8 Å². The Morgan fingerprint density at radius 2 is 2.00 bits per heavy atom. The molecule has 3 nitrogen and oxygen atoms in total. The largest absolute Gasteiger partial charge is 0.491 e. The van der Waals surface area contributed by atoms with Crippen molar-refractivity contribution in [3.63, 3.8) is 0 Å². The quantitative estimate of drug-likeness (QED) is 0.599. The molecule has 0 unspecified atom stereocenters. The number of hydrogen-bond donors (Lipinski definition) is 1. The number of thiophene rings is 1. The fourth-order valence-electron chi connectivity index (χ4n) is 2.00. The molecule has 2 rings (SSSR count). The van der Waals surface area contributed by atoms with Crippen LogP contribution in [0.3, 0.4) is 0 Å². The molecule has 4 heteroatoms. The van der Waals surface area contributed by atoms with Gasteiger partial charge in [-0.3, -0.25) is 0 Å². The molecular formula is C16H22N2OS. The molecule has 2 aromatic rings. The summed E-state index contributed by atoms with van der Waals surface area (Å²) in [6.45, 7) is 2.84. The molecule has 0 aliphatic heterocycles. The summed E-state index contributed by atoms with van der Waals surface area (Å²) in [5.41, 5.74) is 6.54. The maximum atomic E-state index is 5.83. The Labute approximate surface area is 125 Å². The Kier molecular flexibility index (Phi) is 5.89. The number of nitrogens with zero attached hydrogens (tertiary/aromatic N) is 1. The van der Waals surface area contributed by atoms with Gasteiger partial charge in [-0.05, 0) is 43.5 Å². The summed E-state index contributed by atoms with van der Waals surface area (Å²) >= 11 is 1.83. The minimum atomic E-state index is 0.706. The lowest BCUT2D eigenvalue weighted by atomic mass is 10.3. The van der Waals surface area contributed by atoms with E-state index in [1.807, 2.05) is 35.6 Å². The van der Waals surface area contributed by atoms with Crippen LogP contribution in [0.25, 0.3) is 0 Å². The normalized spacial score (nSPS) is 10.9. The Balaban J connectivity index is 1.60. The SMILES string of the molecule is CN(CCCOc1ccccc1N)CCc1cccs1. The van der Waals surface area contributed by atoms with E-state index in [-0.39, 0.29) is 0 Å². The van der Waals surface area contributed by atoms with Crippen LogP contribution < -0.4 is 10.5 Å². The molecule has 0 saturated carbocycles. The molecule has 0 bridgehead atoms. The van der Waals surface area contributed by atoms with E-state index in [4.69, 9.17) is 10.5 Å². The lowest BCUT2D eigenvalue weighted by Gasteiger charge is -2.16. The number of anilines is 1. The van der Waals surface area contributed by atoms with Gasteiger partial charge < -0.3 is 15.4 Å². The van der Waals surface area contributed by atoms with Crippen LogP contribution in [0, 0.1) is 0 Å². The summed E-state index contributed by atoms with van der Waals surface area (Å²) < 4.78 is 5.69. The average molecular weight is 290 g/mol. The molecule has 0 fully saturated rings. The molecule has 1 heterocycles. The van der Waals surface area contributed by atoms with Crippen molar-refractivity contribution in [1.82, 2.24) is 4.90 Å². The van der Waals surface area contributed by atoms with Crippen LogP contribution in [0.5, 0.6) is 5.75 Å². The number of nitrogens with two attached hydrogens (primary N) is 1. The lowest BCUT2D eigenvalue weighted by molar-refractivity contribution is 0.265.